The lowest BCUT2D eigenvalue weighted by molar-refractivity contribution is 0.0485. The van der Waals surface area contributed by atoms with Crippen LogP contribution in [0.4, 0.5) is 0 Å². The van der Waals surface area contributed by atoms with Crippen LogP contribution in [0.1, 0.15) is 77.0 Å². The van der Waals surface area contributed by atoms with E-state index in [0.717, 1.165) is 18.6 Å². The molecule has 0 aliphatic carbocycles. The molecular weight excluding hydrogens is 339 g/mol. The summed E-state index contributed by atoms with van der Waals surface area (Å²) in [6.07, 6.45) is 4.47. The number of benzene rings is 1. The Hall–Kier alpha value is -0.300. The number of hydrogen-bond donors (Lipinski definition) is 0. The third kappa shape index (κ3) is 5.10. The Labute approximate surface area is 155 Å². The first kappa shape index (κ1) is 21.7. The molecule has 1 rings (SSSR count). The number of halogens is 1. The van der Waals surface area contributed by atoms with Gasteiger partial charge in [0.05, 0.1) is 0 Å². The van der Waals surface area contributed by atoms with E-state index in [1.54, 1.807) is 7.11 Å². The van der Waals surface area contributed by atoms with Gasteiger partial charge in [-0.1, -0.05) is 76.4 Å². The van der Waals surface area contributed by atoms with Gasteiger partial charge in [0.25, 0.3) is 0 Å². The molecule has 0 fully saturated rings. The lowest BCUT2D eigenvalue weighted by Crippen LogP contribution is -2.23. The summed E-state index contributed by atoms with van der Waals surface area (Å²) >= 11 is 6.56. The Kier molecular flexibility index (Phi) is 8.53. The minimum absolute atomic E-state index is 0.00348. The summed E-state index contributed by atoms with van der Waals surface area (Å²) in [7, 11) is 2.00. The zero-order valence-electron chi connectivity index (χ0n) is 16.4. The molecule has 0 amide bonds. The highest BCUT2D eigenvalue weighted by atomic mass is 35.7. The average Bonchev–Trinajstić information content (AvgIpc) is 2.54. The highest BCUT2D eigenvalue weighted by molar-refractivity contribution is 7.69. The monoisotopic (exact) mass is 372 g/mol. The average molecular weight is 373 g/mol. The van der Waals surface area contributed by atoms with Crippen LogP contribution in [0, 0.1) is 6.92 Å². The fourth-order valence-corrected chi connectivity index (χ4v) is 4.79. The predicted octanol–water partition coefficient (Wildman–Crippen LogP) is 6.90. The van der Waals surface area contributed by atoms with Crippen LogP contribution in [0.2, 0.25) is 0 Å². The highest BCUT2D eigenvalue weighted by Gasteiger charge is 2.35. The van der Waals surface area contributed by atoms with Gasteiger partial charge in [-0.2, -0.15) is 0 Å². The molecule has 0 spiro atoms. The van der Waals surface area contributed by atoms with Crippen molar-refractivity contribution in [3.63, 3.8) is 0 Å². The molecule has 0 heterocycles. The summed E-state index contributed by atoms with van der Waals surface area (Å²) < 4.78 is 11.3. The molecule has 0 radical (unpaired) electrons. The smallest absolute Gasteiger partial charge is 0.188 e. The molecule has 0 aliphatic heterocycles. The van der Waals surface area contributed by atoms with Crippen LogP contribution in [-0.4, -0.2) is 13.9 Å². The van der Waals surface area contributed by atoms with E-state index in [1.807, 2.05) is 0 Å². The maximum atomic E-state index is 6.56. The summed E-state index contributed by atoms with van der Waals surface area (Å²) in [4.78, 5) is 0. The fraction of sp³-hybridized carbons (Fsp3) is 0.700. The Morgan fingerprint density at radius 1 is 1.12 bits per heavy atom. The van der Waals surface area contributed by atoms with E-state index in [4.69, 9.17) is 20.7 Å². The number of ether oxygens (including phenoxy) is 2. The molecule has 2 nitrogen and oxygen atoms in total. The van der Waals surface area contributed by atoms with Crippen molar-refractivity contribution in [2.45, 2.75) is 77.8 Å². The van der Waals surface area contributed by atoms with Crippen molar-refractivity contribution in [1.82, 2.24) is 0 Å². The molecule has 0 saturated heterocycles. The standard InChI is InChI=1S/C20H34ClO2P/c1-8-10-11-20(9-2,24-21)17-13-15(3)12-16(19(4,5)6)18(17)23-14-22-7/h12-13,24H,8-11,14H2,1-7H3. The number of aryl methyl sites for hydroxylation is 1. The first-order valence-corrected chi connectivity index (χ1v) is 10.9. The van der Waals surface area contributed by atoms with Gasteiger partial charge < -0.3 is 9.47 Å². The molecule has 24 heavy (non-hydrogen) atoms. The maximum Gasteiger partial charge on any atom is 0.188 e. The summed E-state index contributed by atoms with van der Waals surface area (Å²) in [5, 5.41) is -0.0212. The van der Waals surface area contributed by atoms with E-state index >= 15 is 0 Å². The molecule has 1 aromatic rings. The van der Waals surface area contributed by atoms with Gasteiger partial charge in [-0.05, 0) is 33.1 Å². The van der Waals surface area contributed by atoms with E-state index in [0.29, 0.717) is 7.93 Å². The van der Waals surface area contributed by atoms with Crippen molar-refractivity contribution in [1.29, 1.82) is 0 Å². The molecule has 0 aliphatic rings. The fourth-order valence-electron chi connectivity index (χ4n) is 3.10. The van der Waals surface area contributed by atoms with Crippen LogP contribution in [0.5, 0.6) is 5.75 Å². The Bertz CT molecular complexity index is 519. The molecule has 0 aromatic heterocycles. The lowest BCUT2D eigenvalue weighted by atomic mass is 9.80. The van der Waals surface area contributed by atoms with Gasteiger partial charge in [-0.3, -0.25) is 0 Å². The Morgan fingerprint density at radius 3 is 2.21 bits per heavy atom. The third-order valence-corrected chi connectivity index (χ3v) is 6.94. The number of rotatable bonds is 9. The Morgan fingerprint density at radius 2 is 1.75 bits per heavy atom. The van der Waals surface area contributed by atoms with Gasteiger partial charge in [0.2, 0.25) is 0 Å². The topological polar surface area (TPSA) is 18.5 Å². The number of unbranched alkanes of at least 4 members (excludes halogenated alkanes) is 1. The van der Waals surface area contributed by atoms with Crippen LogP contribution >= 0.6 is 19.2 Å². The van der Waals surface area contributed by atoms with E-state index in [9.17, 15) is 0 Å². The lowest BCUT2D eigenvalue weighted by Gasteiger charge is -2.35. The van der Waals surface area contributed by atoms with Crippen molar-refractivity contribution in [2.24, 2.45) is 0 Å². The normalized spacial score (nSPS) is 15.0. The molecule has 0 saturated carbocycles. The van der Waals surface area contributed by atoms with Crippen molar-refractivity contribution in [2.75, 3.05) is 13.9 Å². The quantitative estimate of drug-likeness (QED) is 0.346. The van der Waals surface area contributed by atoms with E-state index < -0.39 is 0 Å². The Balaban J connectivity index is 3.60. The summed E-state index contributed by atoms with van der Waals surface area (Å²) in [6.45, 7) is 13.6. The second kappa shape index (κ2) is 9.41. The minimum Gasteiger partial charge on any atom is -0.467 e. The number of methoxy groups -OCH3 is 1. The van der Waals surface area contributed by atoms with Gasteiger partial charge in [0.15, 0.2) is 6.79 Å². The zero-order valence-corrected chi connectivity index (χ0v) is 18.1. The zero-order chi connectivity index (χ0) is 18.4. The van der Waals surface area contributed by atoms with Gasteiger partial charge in [-0.15, -0.1) is 0 Å². The largest absolute Gasteiger partial charge is 0.467 e. The van der Waals surface area contributed by atoms with Gasteiger partial charge in [0, 0.05) is 23.4 Å². The SMILES string of the molecule is CCCCC(CC)(PCl)c1cc(C)cc(C(C)(C)C)c1OCOC. The van der Waals surface area contributed by atoms with Gasteiger partial charge in [-0.25, -0.2) is 0 Å². The van der Waals surface area contributed by atoms with Crippen molar-refractivity contribution >= 4 is 19.2 Å². The second-order valence-corrected chi connectivity index (χ2v) is 9.34. The van der Waals surface area contributed by atoms with Crippen LogP contribution in [0.3, 0.4) is 0 Å². The van der Waals surface area contributed by atoms with Crippen molar-refractivity contribution < 1.29 is 9.47 Å². The predicted molar refractivity (Wildman–Crippen MR) is 108 cm³/mol. The van der Waals surface area contributed by atoms with Crippen LogP contribution < -0.4 is 4.74 Å². The van der Waals surface area contributed by atoms with Crippen LogP contribution in [-0.2, 0) is 15.3 Å². The van der Waals surface area contributed by atoms with Crippen molar-refractivity contribution in [3.8, 4) is 5.75 Å². The molecule has 0 bridgehead atoms. The van der Waals surface area contributed by atoms with E-state index in [2.05, 4.69) is 53.7 Å². The third-order valence-electron chi connectivity index (χ3n) is 4.62. The first-order valence-electron chi connectivity index (χ1n) is 8.90. The van der Waals surface area contributed by atoms with Crippen LogP contribution in [0.15, 0.2) is 12.1 Å². The highest BCUT2D eigenvalue weighted by Crippen LogP contribution is 2.55. The molecule has 138 valence electrons. The summed E-state index contributed by atoms with van der Waals surface area (Å²) in [6, 6.07) is 4.51. The van der Waals surface area contributed by atoms with Gasteiger partial charge >= 0.3 is 0 Å². The molecule has 4 heteroatoms. The molecule has 2 atom stereocenters. The van der Waals surface area contributed by atoms with E-state index in [-0.39, 0.29) is 17.4 Å². The number of hydrogen-bond acceptors (Lipinski definition) is 2. The second-order valence-electron chi connectivity index (χ2n) is 7.62. The molecule has 2 unspecified atom stereocenters. The molecule has 1 aromatic carbocycles. The first-order chi connectivity index (χ1) is 11.3. The van der Waals surface area contributed by atoms with Crippen LogP contribution in [0.25, 0.3) is 0 Å². The maximum absolute atomic E-state index is 6.56. The summed E-state index contributed by atoms with van der Waals surface area (Å²) in [5.41, 5.74) is 3.76. The van der Waals surface area contributed by atoms with Crippen molar-refractivity contribution in [3.05, 3.63) is 28.8 Å². The van der Waals surface area contributed by atoms with Gasteiger partial charge in [0.1, 0.15) is 5.75 Å². The summed E-state index contributed by atoms with van der Waals surface area (Å²) in [5.74, 6) is 0.973. The minimum atomic E-state index is -0.0212. The molecular formula is C20H34ClO2P. The molecule has 0 N–H and O–H groups in total. The van der Waals surface area contributed by atoms with E-state index in [1.165, 1.54) is 29.5 Å².